The van der Waals surface area contributed by atoms with Gasteiger partial charge in [0.2, 0.25) is 0 Å². The maximum atomic E-state index is 11.3. The minimum atomic E-state index is -1.56. The average Bonchev–Trinajstić information content (AvgIpc) is 3.00. The number of rotatable bonds is 5. The molecule has 0 aliphatic rings. The molecule has 1 unspecified atom stereocenters. The monoisotopic (exact) mass is 341 g/mol. The predicted octanol–water partition coefficient (Wildman–Crippen LogP) is 2.14. The number of hydrogen-bond donors (Lipinski definition) is 2. The minimum Gasteiger partial charge on any atom is -0.476 e. The van der Waals surface area contributed by atoms with Gasteiger partial charge in [-0.2, -0.15) is 5.10 Å². The highest BCUT2D eigenvalue weighted by atomic mass is 32.2. The molecule has 0 aliphatic carbocycles. The normalized spacial score (nSPS) is 12.0. The molecule has 3 N–H and O–H groups in total. The van der Waals surface area contributed by atoms with Crippen molar-refractivity contribution in [1.82, 2.24) is 9.78 Å². The van der Waals surface area contributed by atoms with E-state index in [0.29, 0.717) is 17.0 Å². The Hall–Kier alpha value is -2.77. The van der Waals surface area contributed by atoms with Gasteiger partial charge in [0.15, 0.2) is 5.69 Å². The van der Waals surface area contributed by atoms with Crippen molar-refractivity contribution in [3.05, 3.63) is 77.6 Å². The number of benzene rings is 2. The standard InChI is InChI=1S/C17H15N3O3S/c18-24(23)15-8-6-13(7-9-15)20-14(11-16(19-20)17(21)22)10-12-4-2-1-3-5-12/h1-9,11H,10,18H2,(H,21,22). The molecule has 0 saturated carbocycles. The lowest BCUT2D eigenvalue weighted by atomic mass is 10.1. The van der Waals surface area contributed by atoms with E-state index >= 15 is 0 Å². The summed E-state index contributed by atoms with van der Waals surface area (Å²) < 4.78 is 12.9. The Morgan fingerprint density at radius 2 is 1.79 bits per heavy atom. The molecule has 0 amide bonds. The summed E-state index contributed by atoms with van der Waals surface area (Å²) in [6.45, 7) is 0. The van der Waals surface area contributed by atoms with E-state index in [1.165, 1.54) is 0 Å². The van der Waals surface area contributed by atoms with Crippen molar-refractivity contribution >= 4 is 17.0 Å². The van der Waals surface area contributed by atoms with Crippen molar-refractivity contribution in [3.8, 4) is 5.69 Å². The van der Waals surface area contributed by atoms with Gasteiger partial charge < -0.3 is 5.11 Å². The maximum Gasteiger partial charge on any atom is 0.356 e. The first kappa shape index (κ1) is 16.1. The van der Waals surface area contributed by atoms with Gasteiger partial charge in [0.1, 0.15) is 11.0 Å². The van der Waals surface area contributed by atoms with Crippen molar-refractivity contribution in [3.63, 3.8) is 0 Å². The van der Waals surface area contributed by atoms with Gasteiger partial charge >= 0.3 is 5.97 Å². The molecule has 2 aromatic carbocycles. The van der Waals surface area contributed by atoms with Gasteiger partial charge in [0, 0.05) is 12.1 Å². The van der Waals surface area contributed by atoms with Crippen LogP contribution in [-0.2, 0) is 17.4 Å². The van der Waals surface area contributed by atoms with Crippen LogP contribution in [0.3, 0.4) is 0 Å². The summed E-state index contributed by atoms with van der Waals surface area (Å²) in [5, 5.41) is 18.7. The lowest BCUT2D eigenvalue weighted by molar-refractivity contribution is 0.0690. The topological polar surface area (TPSA) is 98.2 Å². The van der Waals surface area contributed by atoms with E-state index in [2.05, 4.69) is 5.10 Å². The largest absolute Gasteiger partial charge is 0.476 e. The lowest BCUT2D eigenvalue weighted by Gasteiger charge is -2.08. The number of hydrogen-bond acceptors (Lipinski definition) is 3. The minimum absolute atomic E-state index is 0.0209. The molecular weight excluding hydrogens is 326 g/mol. The van der Waals surface area contributed by atoms with Gasteiger partial charge in [0.25, 0.3) is 0 Å². The Kier molecular flexibility index (Phi) is 4.54. The highest BCUT2D eigenvalue weighted by Gasteiger charge is 2.15. The van der Waals surface area contributed by atoms with Crippen LogP contribution in [-0.4, -0.2) is 25.1 Å². The second-order valence-electron chi connectivity index (χ2n) is 5.19. The molecule has 0 fully saturated rings. The zero-order valence-corrected chi connectivity index (χ0v) is 13.4. The molecule has 0 radical (unpaired) electrons. The van der Waals surface area contributed by atoms with Gasteiger partial charge in [-0.15, -0.1) is 0 Å². The van der Waals surface area contributed by atoms with Crippen LogP contribution in [0.25, 0.3) is 5.69 Å². The van der Waals surface area contributed by atoms with E-state index in [4.69, 9.17) is 5.14 Å². The van der Waals surface area contributed by atoms with Gasteiger partial charge in [-0.3, -0.25) is 0 Å². The van der Waals surface area contributed by atoms with Crippen molar-refractivity contribution < 1.29 is 14.1 Å². The highest BCUT2D eigenvalue weighted by molar-refractivity contribution is 7.82. The first-order chi connectivity index (χ1) is 11.5. The van der Waals surface area contributed by atoms with E-state index in [9.17, 15) is 14.1 Å². The zero-order chi connectivity index (χ0) is 17.1. The number of nitrogens with two attached hydrogens (primary N) is 1. The Morgan fingerprint density at radius 3 is 2.38 bits per heavy atom. The Balaban J connectivity index is 2.02. The first-order valence-electron chi connectivity index (χ1n) is 7.17. The summed E-state index contributed by atoms with van der Waals surface area (Å²) in [5.41, 5.74) is 2.46. The fourth-order valence-electron chi connectivity index (χ4n) is 2.40. The number of aromatic carboxylic acids is 1. The summed E-state index contributed by atoms with van der Waals surface area (Å²) in [5.74, 6) is -1.08. The van der Waals surface area contributed by atoms with E-state index in [-0.39, 0.29) is 5.69 Å². The van der Waals surface area contributed by atoms with Crippen LogP contribution >= 0.6 is 0 Å². The molecule has 1 heterocycles. The Morgan fingerprint density at radius 1 is 1.12 bits per heavy atom. The number of carbonyl (C=O) groups is 1. The second-order valence-corrected chi connectivity index (χ2v) is 6.26. The van der Waals surface area contributed by atoms with Crippen molar-refractivity contribution in [2.24, 2.45) is 5.14 Å². The second kappa shape index (κ2) is 6.77. The average molecular weight is 341 g/mol. The van der Waals surface area contributed by atoms with Crippen molar-refractivity contribution in [2.45, 2.75) is 11.3 Å². The van der Waals surface area contributed by atoms with Crippen LogP contribution in [0.1, 0.15) is 21.7 Å². The van der Waals surface area contributed by atoms with Gasteiger partial charge in [0.05, 0.1) is 10.6 Å². The highest BCUT2D eigenvalue weighted by Crippen LogP contribution is 2.18. The van der Waals surface area contributed by atoms with Crippen LogP contribution in [0.4, 0.5) is 0 Å². The maximum absolute atomic E-state index is 11.3. The van der Waals surface area contributed by atoms with Crippen molar-refractivity contribution in [2.75, 3.05) is 0 Å². The molecule has 3 aromatic rings. The van der Waals surface area contributed by atoms with E-state index in [0.717, 1.165) is 11.3 Å². The summed E-state index contributed by atoms with van der Waals surface area (Å²) in [4.78, 5) is 11.8. The van der Waals surface area contributed by atoms with E-state index < -0.39 is 17.0 Å². The molecule has 3 rings (SSSR count). The Bertz CT molecular complexity index is 889. The molecule has 0 aliphatic heterocycles. The number of carboxylic acids is 1. The van der Waals surface area contributed by atoms with Gasteiger partial charge in [-0.1, -0.05) is 30.3 Å². The van der Waals surface area contributed by atoms with Crippen LogP contribution < -0.4 is 5.14 Å². The molecule has 6 nitrogen and oxygen atoms in total. The van der Waals surface area contributed by atoms with Gasteiger partial charge in [-0.05, 0) is 35.9 Å². The molecule has 0 bridgehead atoms. The molecule has 0 saturated heterocycles. The van der Waals surface area contributed by atoms with E-state index in [1.54, 1.807) is 35.0 Å². The fourth-order valence-corrected chi connectivity index (χ4v) is 2.80. The summed E-state index contributed by atoms with van der Waals surface area (Å²) in [6, 6.07) is 18.0. The van der Waals surface area contributed by atoms with E-state index in [1.807, 2.05) is 30.3 Å². The zero-order valence-electron chi connectivity index (χ0n) is 12.6. The first-order valence-corrected chi connectivity index (χ1v) is 8.38. The SMILES string of the molecule is NS(=O)c1ccc(-n2nc(C(=O)O)cc2Cc2ccccc2)cc1. The van der Waals surface area contributed by atoms with Crippen LogP contribution in [0, 0.1) is 0 Å². The molecule has 24 heavy (non-hydrogen) atoms. The number of aromatic nitrogens is 2. The lowest BCUT2D eigenvalue weighted by Crippen LogP contribution is -2.06. The van der Waals surface area contributed by atoms with Gasteiger partial charge in [-0.25, -0.2) is 18.8 Å². The molecule has 0 spiro atoms. The molecular formula is C17H15N3O3S. The fraction of sp³-hybridized carbons (Fsp3) is 0.0588. The van der Waals surface area contributed by atoms with Crippen LogP contribution in [0.2, 0.25) is 0 Å². The number of nitrogens with zero attached hydrogens (tertiary/aromatic N) is 2. The third kappa shape index (κ3) is 3.42. The molecule has 122 valence electrons. The quantitative estimate of drug-likeness (QED) is 0.743. The molecule has 1 atom stereocenters. The molecule has 7 heteroatoms. The number of carboxylic acid groups (broad SMARTS) is 1. The Labute approximate surface area is 141 Å². The summed E-state index contributed by atoms with van der Waals surface area (Å²) in [6.07, 6.45) is 0.547. The molecule has 1 aromatic heterocycles. The van der Waals surface area contributed by atoms with Crippen molar-refractivity contribution in [1.29, 1.82) is 0 Å². The van der Waals surface area contributed by atoms with Crippen LogP contribution in [0.5, 0.6) is 0 Å². The van der Waals surface area contributed by atoms with Crippen LogP contribution in [0.15, 0.2) is 65.6 Å². The smallest absolute Gasteiger partial charge is 0.356 e. The third-order valence-corrected chi connectivity index (χ3v) is 4.28. The predicted molar refractivity (Wildman–Crippen MR) is 90.4 cm³/mol. The summed E-state index contributed by atoms with van der Waals surface area (Å²) in [7, 11) is -1.56. The third-order valence-electron chi connectivity index (χ3n) is 3.54. The summed E-state index contributed by atoms with van der Waals surface area (Å²) >= 11 is 0.